The van der Waals surface area contributed by atoms with E-state index in [4.69, 9.17) is 0 Å². The van der Waals surface area contributed by atoms with Gasteiger partial charge in [-0.15, -0.1) is 0 Å². The minimum absolute atomic E-state index is 0.0354. The molecule has 1 unspecified atom stereocenters. The summed E-state index contributed by atoms with van der Waals surface area (Å²) < 4.78 is 0. The Bertz CT molecular complexity index is 848. The first-order valence-electron chi connectivity index (χ1n) is 8.25. The molecule has 7 nitrogen and oxygen atoms in total. The van der Waals surface area contributed by atoms with E-state index in [2.05, 4.69) is 19.9 Å². The average Bonchev–Trinajstić information content (AvgIpc) is 2.93. The second kappa shape index (κ2) is 5.51. The summed E-state index contributed by atoms with van der Waals surface area (Å²) in [5.41, 5.74) is 1.80. The molecule has 1 N–H and O–H groups in total. The Morgan fingerprint density at radius 3 is 3.00 bits per heavy atom. The number of amides is 1. The minimum atomic E-state index is -0.204. The van der Waals surface area contributed by atoms with Crippen LogP contribution >= 0.6 is 0 Å². The Hall–Kier alpha value is -2.57. The molecular weight excluding hydrogens is 306 g/mol. The minimum Gasteiger partial charge on any atom is -0.336 e. The Kier molecular flexibility index (Phi) is 3.44. The number of piperidine rings is 1. The fourth-order valence-electron chi connectivity index (χ4n) is 4.04. The molecule has 1 aliphatic heterocycles. The van der Waals surface area contributed by atoms with Gasteiger partial charge in [-0.1, -0.05) is 0 Å². The highest BCUT2D eigenvalue weighted by Gasteiger charge is 2.45. The molecule has 1 aliphatic carbocycles. The van der Waals surface area contributed by atoms with E-state index in [1.54, 1.807) is 13.1 Å². The molecule has 124 valence electrons. The molecule has 1 saturated heterocycles. The topological polar surface area (TPSA) is 91.8 Å². The van der Waals surface area contributed by atoms with E-state index in [-0.39, 0.29) is 16.9 Å². The van der Waals surface area contributed by atoms with Gasteiger partial charge in [-0.3, -0.25) is 14.6 Å². The van der Waals surface area contributed by atoms with E-state index in [0.717, 1.165) is 36.9 Å². The van der Waals surface area contributed by atoms with Gasteiger partial charge in [0.05, 0.1) is 11.9 Å². The van der Waals surface area contributed by atoms with Gasteiger partial charge < -0.3 is 9.88 Å². The molecule has 0 radical (unpaired) electrons. The zero-order valence-corrected chi connectivity index (χ0v) is 13.6. The number of nitrogens with one attached hydrogen (secondary N) is 1. The lowest BCUT2D eigenvalue weighted by molar-refractivity contribution is 0.0627. The molecule has 0 saturated carbocycles. The molecular formula is C17H19N5O2. The number of rotatable bonds is 1. The van der Waals surface area contributed by atoms with Gasteiger partial charge in [0.1, 0.15) is 11.5 Å². The van der Waals surface area contributed by atoms with Crippen molar-refractivity contribution in [3.05, 3.63) is 51.7 Å². The SMILES string of the molecule is Cc1nc2c(c(=O)[nH]1)CCC21CCCN(C(=O)c2cnccn2)C1. The summed E-state index contributed by atoms with van der Waals surface area (Å²) in [4.78, 5) is 42.3. The highest BCUT2D eigenvalue weighted by atomic mass is 16.2. The fraction of sp³-hybridized carbons (Fsp3) is 0.471. The molecule has 0 aromatic carbocycles. The number of H-pyrrole nitrogens is 1. The zero-order chi connectivity index (χ0) is 16.7. The van der Waals surface area contributed by atoms with Gasteiger partial charge in [0.25, 0.3) is 11.5 Å². The first kappa shape index (κ1) is 15.0. The first-order valence-corrected chi connectivity index (χ1v) is 8.25. The summed E-state index contributed by atoms with van der Waals surface area (Å²) in [6, 6.07) is 0. The third-order valence-corrected chi connectivity index (χ3v) is 5.14. The van der Waals surface area contributed by atoms with Gasteiger partial charge in [0.2, 0.25) is 0 Å². The fourth-order valence-corrected chi connectivity index (χ4v) is 4.04. The summed E-state index contributed by atoms with van der Waals surface area (Å²) >= 11 is 0. The molecule has 2 aliphatic rings. The van der Waals surface area contributed by atoms with Crippen LogP contribution in [-0.2, 0) is 11.8 Å². The molecule has 2 aromatic heterocycles. The number of likely N-dealkylation sites (tertiary alicyclic amines) is 1. The van der Waals surface area contributed by atoms with Crippen molar-refractivity contribution < 1.29 is 4.79 Å². The van der Waals surface area contributed by atoms with Gasteiger partial charge in [-0.2, -0.15) is 0 Å². The Balaban J connectivity index is 1.68. The summed E-state index contributed by atoms with van der Waals surface area (Å²) in [6.07, 6.45) is 8.04. The quantitative estimate of drug-likeness (QED) is 0.844. The number of hydrogen-bond donors (Lipinski definition) is 1. The molecule has 2 aromatic rings. The maximum Gasteiger partial charge on any atom is 0.274 e. The summed E-state index contributed by atoms with van der Waals surface area (Å²) in [5.74, 6) is 0.537. The van der Waals surface area contributed by atoms with E-state index >= 15 is 0 Å². The number of nitrogens with zero attached hydrogens (tertiary/aromatic N) is 4. The maximum atomic E-state index is 12.7. The molecule has 1 amide bonds. The van der Waals surface area contributed by atoms with Gasteiger partial charge in [0.15, 0.2) is 0 Å². The molecule has 0 bridgehead atoms. The summed E-state index contributed by atoms with van der Waals surface area (Å²) in [5, 5.41) is 0. The number of hydrogen-bond acceptors (Lipinski definition) is 5. The van der Waals surface area contributed by atoms with E-state index < -0.39 is 0 Å². The van der Waals surface area contributed by atoms with Crippen LogP contribution in [0.2, 0.25) is 0 Å². The van der Waals surface area contributed by atoms with Crippen LogP contribution in [0.5, 0.6) is 0 Å². The molecule has 7 heteroatoms. The predicted molar refractivity (Wildman–Crippen MR) is 86.8 cm³/mol. The van der Waals surface area contributed by atoms with Gasteiger partial charge in [-0.05, 0) is 32.6 Å². The largest absolute Gasteiger partial charge is 0.336 e. The molecule has 1 fully saturated rings. The average molecular weight is 325 g/mol. The third-order valence-electron chi connectivity index (χ3n) is 5.14. The third kappa shape index (κ3) is 2.31. The first-order chi connectivity index (χ1) is 11.6. The van der Waals surface area contributed by atoms with Crippen LogP contribution in [0.1, 0.15) is 46.8 Å². The molecule has 1 atom stereocenters. The normalized spacial score (nSPS) is 22.6. The lowest BCUT2D eigenvalue weighted by atomic mass is 9.77. The van der Waals surface area contributed by atoms with Gasteiger partial charge in [-0.25, -0.2) is 9.97 Å². The number of carbonyl (C=O) groups excluding carboxylic acids is 1. The van der Waals surface area contributed by atoms with Crippen molar-refractivity contribution in [3.8, 4) is 0 Å². The van der Waals surface area contributed by atoms with Crippen molar-refractivity contribution in [2.75, 3.05) is 13.1 Å². The summed E-state index contributed by atoms with van der Waals surface area (Å²) in [6.45, 7) is 3.10. The number of aromatic nitrogens is 4. The highest BCUT2D eigenvalue weighted by molar-refractivity contribution is 5.92. The maximum absolute atomic E-state index is 12.7. The van der Waals surface area contributed by atoms with Crippen LogP contribution in [0.15, 0.2) is 23.4 Å². The number of carbonyl (C=O) groups is 1. The van der Waals surface area contributed by atoms with Crippen LogP contribution in [-0.4, -0.2) is 43.8 Å². The van der Waals surface area contributed by atoms with Crippen molar-refractivity contribution in [3.63, 3.8) is 0 Å². The molecule has 4 rings (SSSR count). The van der Waals surface area contributed by atoms with Crippen molar-refractivity contribution in [1.82, 2.24) is 24.8 Å². The number of aromatic amines is 1. The van der Waals surface area contributed by atoms with Crippen LogP contribution in [0.25, 0.3) is 0 Å². The zero-order valence-electron chi connectivity index (χ0n) is 13.6. The van der Waals surface area contributed by atoms with E-state index in [0.29, 0.717) is 24.6 Å². The summed E-state index contributed by atoms with van der Waals surface area (Å²) in [7, 11) is 0. The van der Waals surface area contributed by atoms with Crippen molar-refractivity contribution in [2.45, 2.75) is 38.0 Å². The second-order valence-corrected chi connectivity index (χ2v) is 6.68. The number of aryl methyl sites for hydroxylation is 1. The van der Waals surface area contributed by atoms with Crippen LogP contribution in [0.4, 0.5) is 0 Å². The highest BCUT2D eigenvalue weighted by Crippen LogP contribution is 2.43. The predicted octanol–water partition coefficient (Wildman–Crippen LogP) is 0.989. The van der Waals surface area contributed by atoms with E-state index in [9.17, 15) is 9.59 Å². The Labute approximate surface area is 139 Å². The lowest BCUT2D eigenvalue weighted by Gasteiger charge is -2.40. The van der Waals surface area contributed by atoms with Crippen LogP contribution in [0, 0.1) is 6.92 Å². The second-order valence-electron chi connectivity index (χ2n) is 6.68. The smallest absolute Gasteiger partial charge is 0.274 e. The van der Waals surface area contributed by atoms with Gasteiger partial charge in [0, 0.05) is 36.5 Å². The van der Waals surface area contributed by atoms with Crippen molar-refractivity contribution >= 4 is 5.91 Å². The van der Waals surface area contributed by atoms with Crippen molar-refractivity contribution in [2.24, 2.45) is 0 Å². The molecule has 1 spiro atoms. The number of fused-ring (bicyclic) bond motifs is 2. The van der Waals surface area contributed by atoms with E-state index in [1.165, 1.54) is 12.4 Å². The van der Waals surface area contributed by atoms with Gasteiger partial charge >= 0.3 is 0 Å². The van der Waals surface area contributed by atoms with Crippen molar-refractivity contribution in [1.29, 1.82) is 0 Å². The standard InChI is InChI=1S/C17H19N5O2/c1-11-20-14-12(15(23)21-11)3-5-17(14)4-2-8-22(10-17)16(24)13-9-18-6-7-19-13/h6-7,9H,2-5,8,10H2,1H3,(H,20,21,23). The Morgan fingerprint density at radius 2 is 2.21 bits per heavy atom. The monoisotopic (exact) mass is 325 g/mol. The molecule has 24 heavy (non-hydrogen) atoms. The van der Waals surface area contributed by atoms with E-state index in [1.807, 2.05) is 4.90 Å². The molecule has 3 heterocycles. The lowest BCUT2D eigenvalue weighted by Crippen LogP contribution is -2.48. The Morgan fingerprint density at radius 1 is 1.33 bits per heavy atom. The van der Waals surface area contributed by atoms with Crippen LogP contribution < -0.4 is 5.56 Å². The van der Waals surface area contributed by atoms with Crippen LogP contribution in [0.3, 0.4) is 0 Å².